The largest absolute Gasteiger partial charge is 2.00 e. The fourth-order valence-electron chi connectivity index (χ4n) is 2.68. The first-order chi connectivity index (χ1) is 10.6. The van der Waals surface area contributed by atoms with Crippen molar-refractivity contribution in [1.82, 2.24) is 4.90 Å². The van der Waals surface area contributed by atoms with Crippen LogP contribution >= 0.6 is 11.8 Å². The van der Waals surface area contributed by atoms with E-state index in [1.54, 1.807) is 0 Å². The van der Waals surface area contributed by atoms with Crippen LogP contribution in [0.15, 0.2) is 0 Å². The Hall–Kier alpha value is 0.789. The number of rotatable bonds is 4. The Bertz CT molecular complexity index is 304. The van der Waals surface area contributed by atoms with Crippen LogP contribution < -0.4 is 0 Å². The molecular weight excluding hydrogens is 346 g/mol. The fraction of sp³-hybridized carbons (Fsp3) is 0.474. The Balaban J connectivity index is 0.000000377. The van der Waals surface area contributed by atoms with E-state index in [1.807, 2.05) is 43.9 Å². The Labute approximate surface area is 159 Å². The minimum atomic E-state index is -0.114. The van der Waals surface area contributed by atoms with Crippen LogP contribution in [0.2, 0.25) is 0 Å². The van der Waals surface area contributed by atoms with Gasteiger partial charge in [-0.3, -0.25) is 0 Å². The third-order valence-electron chi connectivity index (χ3n) is 4.28. The average molecular weight is 373 g/mol. The van der Waals surface area contributed by atoms with Gasteiger partial charge in [-0.25, -0.2) is 0 Å². The van der Waals surface area contributed by atoms with Crippen LogP contribution in [0, 0.1) is 62.5 Å². The van der Waals surface area contributed by atoms with Gasteiger partial charge in [0, 0.05) is 22.5 Å². The van der Waals surface area contributed by atoms with E-state index in [-0.39, 0.29) is 23.2 Å². The summed E-state index contributed by atoms with van der Waals surface area (Å²) in [4.78, 5) is 2.23. The molecule has 3 atom stereocenters. The third kappa shape index (κ3) is 6.90. The standard InChI is InChI=1S/C14H22NOS.C5H5.Fe/c1-10(15(2)3)11-6-4-8-13(11)17-14-9-5-7-12(14)16;1-2-4-5-3-1;/h4,6,8,10,12,14,16H,5,7,9H2,1-3H3;1-5H;/q;;+2/t10-,12+,14+;;/m0../s1. The van der Waals surface area contributed by atoms with Crippen LogP contribution in [-0.2, 0) is 17.1 Å². The minimum absolute atomic E-state index is 0. The van der Waals surface area contributed by atoms with Crippen molar-refractivity contribution < 1.29 is 22.2 Å². The van der Waals surface area contributed by atoms with Crippen molar-refractivity contribution in [3.05, 3.63) is 62.5 Å². The minimum Gasteiger partial charge on any atom is -0.392 e. The van der Waals surface area contributed by atoms with Gasteiger partial charge in [0.15, 0.2) is 0 Å². The fourth-order valence-corrected chi connectivity index (χ4v) is 4.11. The quantitative estimate of drug-likeness (QED) is 0.765. The molecule has 3 rings (SSSR count). The number of nitrogens with zero attached hydrogens (tertiary/aromatic N) is 1. The maximum Gasteiger partial charge on any atom is 2.00 e. The van der Waals surface area contributed by atoms with Gasteiger partial charge in [-0.1, -0.05) is 0 Å². The van der Waals surface area contributed by atoms with Crippen molar-refractivity contribution in [2.24, 2.45) is 0 Å². The molecule has 1 N–H and O–H groups in total. The molecule has 3 saturated carbocycles. The van der Waals surface area contributed by atoms with Crippen LogP contribution in [0.4, 0.5) is 0 Å². The van der Waals surface area contributed by atoms with Gasteiger partial charge in [0.1, 0.15) is 0 Å². The average Bonchev–Trinajstić information content (AvgIpc) is 3.23. The first-order valence-electron chi connectivity index (χ1n) is 8.03. The summed E-state index contributed by atoms with van der Waals surface area (Å²) in [7, 11) is 4.22. The second-order valence-electron chi connectivity index (χ2n) is 6.10. The van der Waals surface area contributed by atoms with Crippen molar-refractivity contribution in [3.63, 3.8) is 0 Å². The number of hydrogen-bond donors (Lipinski definition) is 1. The molecule has 2 nitrogen and oxygen atoms in total. The number of aliphatic hydroxyl groups is 1. The first-order valence-corrected chi connectivity index (χ1v) is 8.91. The van der Waals surface area contributed by atoms with Crippen molar-refractivity contribution in [3.8, 4) is 0 Å². The normalized spacial score (nSPS) is 30.1. The van der Waals surface area contributed by atoms with Crippen LogP contribution in [-0.4, -0.2) is 41.5 Å². The molecule has 0 amide bonds. The van der Waals surface area contributed by atoms with E-state index < -0.39 is 0 Å². The molecule has 0 spiro atoms. The molecule has 0 bridgehead atoms. The van der Waals surface area contributed by atoms with Gasteiger partial charge >= 0.3 is 17.1 Å². The van der Waals surface area contributed by atoms with Gasteiger partial charge in [0.05, 0.1) is 6.10 Å². The zero-order valence-corrected chi connectivity index (χ0v) is 16.0. The SMILES string of the molecule is C[C@@H]([C]1[CH][CH][CH][C]1S[C@@H]1CCC[C@H]1O)N(C)C.[CH]1[CH][CH][CH][CH]1.[Fe+2]. The van der Waals surface area contributed by atoms with Gasteiger partial charge in [-0.05, 0) is 91.6 Å². The van der Waals surface area contributed by atoms with Crippen LogP contribution in [0.5, 0.6) is 0 Å². The molecule has 4 heteroatoms. The molecule has 23 heavy (non-hydrogen) atoms. The Morgan fingerprint density at radius 2 is 1.65 bits per heavy atom. The number of hydrogen-bond acceptors (Lipinski definition) is 3. The predicted molar refractivity (Wildman–Crippen MR) is 95.3 cm³/mol. The zero-order valence-electron chi connectivity index (χ0n) is 14.1. The monoisotopic (exact) mass is 373 g/mol. The molecule has 0 aliphatic heterocycles. The summed E-state index contributed by atoms with van der Waals surface area (Å²) in [5.41, 5.74) is 0. The van der Waals surface area contributed by atoms with Crippen LogP contribution in [0.1, 0.15) is 26.2 Å². The molecule has 0 aromatic rings. The van der Waals surface area contributed by atoms with E-state index in [0.29, 0.717) is 11.3 Å². The predicted octanol–water partition coefficient (Wildman–Crippen LogP) is 3.34. The topological polar surface area (TPSA) is 23.5 Å². The summed E-state index contributed by atoms with van der Waals surface area (Å²) in [6.45, 7) is 2.23. The second-order valence-corrected chi connectivity index (χ2v) is 7.38. The van der Waals surface area contributed by atoms with Gasteiger partial charge in [-0.15, -0.1) is 11.8 Å². The van der Waals surface area contributed by atoms with E-state index in [2.05, 4.69) is 45.2 Å². The van der Waals surface area contributed by atoms with Crippen molar-refractivity contribution in [2.75, 3.05) is 14.1 Å². The molecule has 0 aromatic carbocycles. The van der Waals surface area contributed by atoms with E-state index in [0.717, 1.165) is 19.3 Å². The van der Waals surface area contributed by atoms with E-state index >= 15 is 0 Å². The van der Waals surface area contributed by atoms with Gasteiger partial charge in [0.25, 0.3) is 0 Å². The zero-order chi connectivity index (χ0) is 15.9. The molecule has 0 saturated heterocycles. The van der Waals surface area contributed by atoms with E-state index in [4.69, 9.17) is 0 Å². The van der Waals surface area contributed by atoms with Gasteiger partial charge in [-0.2, -0.15) is 0 Å². The maximum atomic E-state index is 9.90. The smallest absolute Gasteiger partial charge is 0.392 e. The molecule has 0 heterocycles. The van der Waals surface area contributed by atoms with Crippen molar-refractivity contribution >= 4 is 11.8 Å². The second kappa shape index (κ2) is 11.4. The number of thioether (sulfide) groups is 1. The van der Waals surface area contributed by atoms with E-state index in [9.17, 15) is 5.11 Å². The summed E-state index contributed by atoms with van der Waals surface area (Å²) < 4.78 is 0. The molecular formula is C19H27FeNOS+2. The van der Waals surface area contributed by atoms with Crippen LogP contribution in [0.3, 0.4) is 0 Å². The maximum absolute atomic E-state index is 9.90. The summed E-state index contributed by atoms with van der Waals surface area (Å²) >= 11 is 1.86. The summed E-state index contributed by atoms with van der Waals surface area (Å²) in [5.74, 6) is 1.39. The Morgan fingerprint density at radius 3 is 2.13 bits per heavy atom. The molecule has 10 radical (unpaired) electrons. The molecule has 0 aromatic heterocycles. The Kier molecular flexibility index (Phi) is 10.8. The third-order valence-corrected chi connectivity index (χ3v) is 5.76. The van der Waals surface area contributed by atoms with Crippen molar-refractivity contribution in [1.29, 1.82) is 0 Å². The van der Waals surface area contributed by atoms with E-state index in [1.165, 1.54) is 11.2 Å². The first kappa shape index (κ1) is 21.8. The van der Waals surface area contributed by atoms with Gasteiger partial charge in [0.2, 0.25) is 0 Å². The molecule has 3 aliphatic rings. The Morgan fingerprint density at radius 1 is 1.04 bits per heavy atom. The summed E-state index contributed by atoms with van der Waals surface area (Å²) in [6, 6.07) is 0.436. The molecule has 3 aliphatic carbocycles. The molecule has 126 valence electrons. The molecule has 0 unspecified atom stereocenters. The molecule has 3 fully saturated rings. The summed E-state index contributed by atoms with van der Waals surface area (Å²) in [6.07, 6.45) is 19.7. The van der Waals surface area contributed by atoms with Crippen molar-refractivity contribution in [2.45, 2.75) is 43.6 Å². The van der Waals surface area contributed by atoms with Gasteiger partial charge < -0.3 is 10.0 Å². The summed E-state index contributed by atoms with van der Waals surface area (Å²) in [5, 5.41) is 11.6. The number of aliphatic hydroxyl groups excluding tert-OH is 1. The van der Waals surface area contributed by atoms with Crippen LogP contribution in [0.25, 0.3) is 0 Å².